The van der Waals surface area contributed by atoms with Crippen LogP contribution >= 0.6 is 0 Å². The Kier molecular flexibility index (Phi) is 4.14. The summed E-state index contributed by atoms with van der Waals surface area (Å²) in [5.41, 5.74) is 5.10. The van der Waals surface area contributed by atoms with Gasteiger partial charge in [0.25, 0.3) is 5.91 Å². The van der Waals surface area contributed by atoms with Crippen molar-refractivity contribution in [3.63, 3.8) is 0 Å². The minimum absolute atomic E-state index is 0.172. The van der Waals surface area contributed by atoms with Crippen LogP contribution in [0.3, 0.4) is 0 Å². The van der Waals surface area contributed by atoms with Crippen molar-refractivity contribution in [2.75, 3.05) is 5.32 Å². The molecule has 5 rings (SSSR count). The molecule has 5 aromatic rings. The summed E-state index contributed by atoms with van der Waals surface area (Å²) in [6.45, 7) is 0. The topological polar surface area (TPSA) is 86.5 Å². The molecular formula is C23H17N5O. The summed E-state index contributed by atoms with van der Waals surface area (Å²) in [5, 5.41) is 3.99. The number of nitrogens with zero attached hydrogens (tertiary/aromatic N) is 2. The van der Waals surface area contributed by atoms with E-state index >= 15 is 0 Å². The zero-order chi connectivity index (χ0) is 19.6. The number of carbonyl (C=O) groups excluding carboxylic acids is 1. The Bertz CT molecular complexity index is 1300. The Labute approximate surface area is 166 Å². The molecule has 1 amide bonds. The van der Waals surface area contributed by atoms with Crippen LogP contribution in [0.2, 0.25) is 0 Å². The maximum absolute atomic E-state index is 12.6. The summed E-state index contributed by atoms with van der Waals surface area (Å²) in [6.07, 6.45) is 7.02. The number of anilines is 1. The maximum Gasteiger partial charge on any atom is 0.255 e. The zero-order valence-electron chi connectivity index (χ0n) is 15.4. The molecule has 2 aromatic carbocycles. The van der Waals surface area contributed by atoms with E-state index in [9.17, 15) is 4.79 Å². The fourth-order valence-electron chi connectivity index (χ4n) is 3.34. The largest absolute Gasteiger partial charge is 0.360 e. The van der Waals surface area contributed by atoms with Gasteiger partial charge in [0.1, 0.15) is 5.82 Å². The second-order valence-electron chi connectivity index (χ2n) is 6.66. The van der Waals surface area contributed by atoms with Crippen molar-refractivity contribution in [2.45, 2.75) is 0 Å². The Balaban J connectivity index is 1.44. The van der Waals surface area contributed by atoms with Crippen LogP contribution in [0, 0.1) is 0 Å². The van der Waals surface area contributed by atoms with Crippen molar-refractivity contribution in [3.8, 4) is 22.6 Å². The lowest BCUT2D eigenvalue weighted by Gasteiger charge is -2.06. The molecule has 6 heteroatoms. The molecule has 0 aliphatic heterocycles. The molecule has 0 fully saturated rings. The van der Waals surface area contributed by atoms with Gasteiger partial charge in [-0.15, -0.1) is 0 Å². The zero-order valence-corrected chi connectivity index (χ0v) is 15.4. The van der Waals surface area contributed by atoms with Crippen molar-refractivity contribution in [3.05, 3.63) is 91.0 Å². The van der Waals surface area contributed by atoms with Crippen LogP contribution in [0.4, 0.5) is 5.69 Å². The molecule has 0 aliphatic rings. The predicted molar refractivity (Wildman–Crippen MR) is 114 cm³/mol. The normalized spacial score (nSPS) is 10.9. The summed E-state index contributed by atoms with van der Waals surface area (Å²) < 4.78 is 0. The van der Waals surface area contributed by atoms with Crippen molar-refractivity contribution < 1.29 is 4.79 Å². The molecule has 29 heavy (non-hydrogen) atoms. The molecule has 140 valence electrons. The van der Waals surface area contributed by atoms with Crippen LogP contribution in [0.5, 0.6) is 0 Å². The van der Waals surface area contributed by atoms with Crippen LogP contribution in [0.15, 0.2) is 85.5 Å². The lowest BCUT2D eigenvalue weighted by Crippen LogP contribution is -2.11. The number of carbonyl (C=O) groups is 1. The van der Waals surface area contributed by atoms with Crippen LogP contribution in [-0.2, 0) is 0 Å². The lowest BCUT2D eigenvalue weighted by atomic mass is 10.1. The average Bonchev–Trinajstić information content (AvgIpc) is 3.42. The van der Waals surface area contributed by atoms with Crippen LogP contribution in [0.25, 0.3) is 33.5 Å². The number of fused-ring (bicyclic) bond motifs is 1. The van der Waals surface area contributed by atoms with Crippen molar-refractivity contribution in [1.29, 1.82) is 0 Å². The highest BCUT2D eigenvalue weighted by atomic mass is 16.1. The maximum atomic E-state index is 12.6. The number of aromatic amines is 2. The molecule has 0 spiro atoms. The summed E-state index contributed by atoms with van der Waals surface area (Å²) >= 11 is 0. The highest BCUT2D eigenvalue weighted by Gasteiger charge is 2.12. The van der Waals surface area contributed by atoms with Crippen molar-refractivity contribution >= 4 is 22.5 Å². The van der Waals surface area contributed by atoms with Crippen LogP contribution < -0.4 is 5.32 Å². The highest BCUT2D eigenvalue weighted by molar-refractivity contribution is 6.04. The molecule has 6 nitrogen and oxygen atoms in total. The van der Waals surface area contributed by atoms with Gasteiger partial charge in [0.2, 0.25) is 0 Å². The molecular weight excluding hydrogens is 362 g/mol. The van der Waals surface area contributed by atoms with Crippen LogP contribution in [0.1, 0.15) is 10.4 Å². The van der Waals surface area contributed by atoms with Gasteiger partial charge in [0.15, 0.2) is 0 Å². The van der Waals surface area contributed by atoms with Crippen molar-refractivity contribution in [2.24, 2.45) is 0 Å². The first kappa shape index (κ1) is 16.9. The van der Waals surface area contributed by atoms with Gasteiger partial charge in [-0.2, -0.15) is 0 Å². The smallest absolute Gasteiger partial charge is 0.255 e. The van der Waals surface area contributed by atoms with E-state index in [1.807, 2.05) is 42.6 Å². The van der Waals surface area contributed by atoms with Gasteiger partial charge in [0.05, 0.1) is 11.9 Å². The third-order valence-corrected chi connectivity index (χ3v) is 4.79. The number of nitrogens with one attached hydrogen (secondary N) is 3. The van der Waals surface area contributed by atoms with E-state index in [4.69, 9.17) is 0 Å². The molecule has 3 aromatic heterocycles. The Morgan fingerprint density at radius 1 is 0.966 bits per heavy atom. The summed E-state index contributed by atoms with van der Waals surface area (Å²) in [7, 11) is 0. The van der Waals surface area contributed by atoms with Gasteiger partial charge in [0, 0.05) is 51.9 Å². The Morgan fingerprint density at radius 3 is 2.72 bits per heavy atom. The SMILES string of the molecule is O=C(Nc1ccncc1)c1cccc(-c2cnc(-c3c[nH]c4ccccc34)[nH]2)c1. The van der Waals surface area contributed by atoms with E-state index in [2.05, 4.69) is 31.3 Å². The van der Waals surface area contributed by atoms with Crippen LogP contribution in [-0.4, -0.2) is 25.8 Å². The molecule has 0 bridgehead atoms. The van der Waals surface area contributed by atoms with E-state index in [0.29, 0.717) is 11.3 Å². The van der Waals surface area contributed by atoms with Gasteiger partial charge in [-0.05, 0) is 30.3 Å². The fraction of sp³-hybridized carbons (Fsp3) is 0. The Hall–Kier alpha value is -4.19. The summed E-state index contributed by atoms with van der Waals surface area (Å²) in [6, 6.07) is 19.1. The number of benzene rings is 2. The number of H-pyrrole nitrogens is 2. The molecule has 3 heterocycles. The number of aromatic nitrogens is 4. The van der Waals surface area contributed by atoms with Crippen molar-refractivity contribution in [1.82, 2.24) is 19.9 Å². The van der Waals surface area contributed by atoms with Gasteiger partial charge in [-0.25, -0.2) is 4.98 Å². The van der Waals surface area contributed by atoms with Gasteiger partial charge < -0.3 is 15.3 Å². The number of hydrogen-bond acceptors (Lipinski definition) is 3. The number of amides is 1. The predicted octanol–water partition coefficient (Wildman–Crippen LogP) is 4.87. The second kappa shape index (κ2) is 7.09. The minimum Gasteiger partial charge on any atom is -0.360 e. The molecule has 0 saturated carbocycles. The molecule has 0 unspecified atom stereocenters. The van der Waals surface area contributed by atoms with E-state index < -0.39 is 0 Å². The quantitative estimate of drug-likeness (QED) is 0.416. The number of rotatable bonds is 4. The third-order valence-electron chi connectivity index (χ3n) is 4.79. The van der Waals surface area contributed by atoms with Gasteiger partial charge in [-0.3, -0.25) is 9.78 Å². The first-order chi connectivity index (χ1) is 14.3. The first-order valence-electron chi connectivity index (χ1n) is 9.21. The van der Waals surface area contributed by atoms with E-state index in [1.165, 1.54) is 0 Å². The molecule has 0 aliphatic carbocycles. The monoisotopic (exact) mass is 379 g/mol. The molecule has 0 saturated heterocycles. The minimum atomic E-state index is -0.172. The van der Waals surface area contributed by atoms with Gasteiger partial charge >= 0.3 is 0 Å². The summed E-state index contributed by atoms with van der Waals surface area (Å²) in [4.78, 5) is 27.7. The molecule has 0 radical (unpaired) electrons. The standard InChI is InChI=1S/C23H17N5O/c29-23(27-17-8-10-24-11-9-17)16-5-3-4-15(12-16)21-14-26-22(28-21)19-13-25-20-7-2-1-6-18(19)20/h1-14,25H,(H,26,28)(H,24,27,29). The molecule has 0 atom stereocenters. The Morgan fingerprint density at radius 2 is 1.83 bits per heavy atom. The number of para-hydroxylation sites is 1. The third kappa shape index (κ3) is 3.27. The number of pyridine rings is 1. The van der Waals surface area contributed by atoms with E-state index in [0.717, 1.165) is 33.5 Å². The summed E-state index contributed by atoms with van der Waals surface area (Å²) in [5.74, 6) is 0.610. The van der Waals surface area contributed by atoms with E-state index in [-0.39, 0.29) is 5.91 Å². The van der Waals surface area contributed by atoms with E-state index in [1.54, 1.807) is 36.8 Å². The second-order valence-corrected chi connectivity index (χ2v) is 6.66. The lowest BCUT2D eigenvalue weighted by molar-refractivity contribution is 0.102. The fourth-order valence-corrected chi connectivity index (χ4v) is 3.34. The average molecular weight is 379 g/mol. The first-order valence-corrected chi connectivity index (χ1v) is 9.21. The molecule has 3 N–H and O–H groups in total. The number of hydrogen-bond donors (Lipinski definition) is 3. The van der Waals surface area contributed by atoms with Gasteiger partial charge in [-0.1, -0.05) is 30.3 Å². The highest BCUT2D eigenvalue weighted by Crippen LogP contribution is 2.28. The number of imidazole rings is 1.